The molecule has 0 aliphatic rings. The third kappa shape index (κ3) is 3.76. The lowest BCUT2D eigenvalue weighted by Gasteiger charge is -2.36. The molecule has 0 saturated carbocycles. The van der Waals surface area contributed by atoms with Crippen LogP contribution in [-0.4, -0.2) is 13.2 Å². The van der Waals surface area contributed by atoms with Crippen molar-refractivity contribution in [1.82, 2.24) is 0 Å². The Morgan fingerprint density at radius 3 is 2.05 bits per heavy atom. The van der Waals surface area contributed by atoms with Crippen LogP contribution in [0.15, 0.2) is 12.1 Å². The van der Waals surface area contributed by atoms with E-state index < -0.39 is 36.5 Å². The second kappa shape index (κ2) is 5.53. The zero-order valence-electron chi connectivity index (χ0n) is 12.8. The van der Waals surface area contributed by atoms with Crippen molar-refractivity contribution in [2.75, 3.05) is 0 Å². The highest BCUT2D eigenvalue weighted by atomic mass is 28.4. The smallest absolute Gasteiger partial charge is 0.419 e. The van der Waals surface area contributed by atoms with Gasteiger partial charge in [0.05, 0.1) is 11.0 Å². The van der Waals surface area contributed by atoms with E-state index in [1.807, 2.05) is 20.8 Å². The molecule has 0 unspecified atom stereocenters. The summed E-state index contributed by atoms with van der Waals surface area (Å²) < 4.78 is 57.8. The van der Waals surface area contributed by atoms with Crippen LogP contribution in [-0.2, 0) is 6.18 Å². The van der Waals surface area contributed by atoms with Crippen molar-refractivity contribution in [3.8, 4) is 5.75 Å². The van der Waals surface area contributed by atoms with Crippen LogP contribution in [0.2, 0.25) is 18.1 Å². The molecule has 4 nitrogen and oxygen atoms in total. The van der Waals surface area contributed by atoms with Gasteiger partial charge < -0.3 is 4.43 Å². The molecule has 0 aliphatic carbocycles. The van der Waals surface area contributed by atoms with Crippen LogP contribution in [0.4, 0.5) is 23.2 Å². The highest BCUT2D eigenvalue weighted by Gasteiger charge is 2.42. The summed E-state index contributed by atoms with van der Waals surface area (Å²) in [6.07, 6.45) is -5.04. The molecule has 0 saturated heterocycles. The summed E-state index contributed by atoms with van der Waals surface area (Å²) in [6, 6.07) is 1.17. The summed E-state index contributed by atoms with van der Waals surface area (Å²) >= 11 is 0. The minimum absolute atomic E-state index is 0.325. The number of nitrogens with zero attached hydrogens (tertiary/aromatic N) is 1. The standard InChI is InChI=1S/C13H17F4NO3Si/c1-12(2,3)22(4,5)21-8-6-9(13(15,16)17)11(14)10(7-8)18(19)20/h6-7H,1-5H3. The fraction of sp³-hybridized carbons (Fsp3) is 0.538. The average Bonchev–Trinajstić information content (AvgIpc) is 2.27. The molecule has 1 rings (SSSR count). The maximum absolute atomic E-state index is 13.7. The van der Waals surface area contributed by atoms with E-state index in [0.29, 0.717) is 12.1 Å². The predicted octanol–water partition coefficient (Wildman–Crippen LogP) is 5.14. The number of benzene rings is 1. The minimum atomic E-state index is -5.04. The molecule has 22 heavy (non-hydrogen) atoms. The molecule has 0 aliphatic heterocycles. The van der Waals surface area contributed by atoms with Gasteiger partial charge in [0.15, 0.2) is 0 Å². The van der Waals surface area contributed by atoms with Gasteiger partial charge in [-0.25, -0.2) is 0 Å². The first-order chi connectivity index (χ1) is 9.67. The van der Waals surface area contributed by atoms with E-state index in [0.717, 1.165) is 0 Å². The quantitative estimate of drug-likeness (QED) is 0.332. The molecule has 1 aromatic carbocycles. The second-order valence-electron chi connectivity index (χ2n) is 6.42. The van der Waals surface area contributed by atoms with Crippen LogP contribution >= 0.6 is 0 Å². The topological polar surface area (TPSA) is 52.4 Å². The van der Waals surface area contributed by atoms with Gasteiger partial charge in [0.2, 0.25) is 14.1 Å². The summed E-state index contributed by atoms with van der Waals surface area (Å²) in [5.74, 6) is -2.24. The third-order valence-electron chi connectivity index (χ3n) is 3.71. The third-order valence-corrected chi connectivity index (χ3v) is 8.07. The van der Waals surface area contributed by atoms with Crippen LogP contribution in [0.1, 0.15) is 26.3 Å². The normalized spacial score (nSPS) is 13.1. The van der Waals surface area contributed by atoms with E-state index in [4.69, 9.17) is 4.43 Å². The van der Waals surface area contributed by atoms with Gasteiger partial charge >= 0.3 is 11.9 Å². The Morgan fingerprint density at radius 1 is 1.18 bits per heavy atom. The van der Waals surface area contributed by atoms with Crippen molar-refractivity contribution in [3.63, 3.8) is 0 Å². The molecule has 0 amide bonds. The largest absolute Gasteiger partial charge is 0.543 e. The zero-order valence-corrected chi connectivity index (χ0v) is 13.8. The summed E-state index contributed by atoms with van der Waals surface area (Å²) in [7, 11) is -2.52. The van der Waals surface area contributed by atoms with Crippen LogP contribution in [0.5, 0.6) is 5.75 Å². The molecule has 0 bridgehead atoms. The Bertz CT molecular complexity index is 594. The highest BCUT2D eigenvalue weighted by molar-refractivity contribution is 6.74. The molecule has 1 aromatic rings. The number of hydrogen-bond acceptors (Lipinski definition) is 3. The number of hydrogen-bond donors (Lipinski definition) is 0. The van der Waals surface area contributed by atoms with E-state index in [9.17, 15) is 27.7 Å². The lowest BCUT2D eigenvalue weighted by atomic mass is 10.1. The number of alkyl halides is 3. The van der Waals surface area contributed by atoms with Crippen molar-refractivity contribution in [1.29, 1.82) is 0 Å². The Morgan fingerprint density at radius 2 is 1.68 bits per heavy atom. The van der Waals surface area contributed by atoms with Crippen LogP contribution in [0.25, 0.3) is 0 Å². The Balaban J connectivity index is 3.45. The fourth-order valence-electron chi connectivity index (χ4n) is 1.43. The van der Waals surface area contributed by atoms with E-state index in [1.54, 1.807) is 13.1 Å². The maximum Gasteiger partial charge on any atom is 0.419 e. The molecule has 0 N–H and O–H groups in total. The van der Waals surface area contributed by atoms with Crippen molar-refractivity contribution < 1.29 is 26.9 Å². The molecular formula is C13H17F4NO3Si. The maximum atomic E-state index is 13.7. The number of nitro groups is 1. The molecule has 124 valence electrons. The summed E-state index contributed by atoms with van der Waals surface area (Å²) in [5, 5.41) is 10.4. The molecule has 0 atom stereocenters. The van der Waals surface area contributed by atoms with Gasteiger partial charge in [0.25, 0.3) is 0 Å². The lowest BCUT2D eigenvalue weighted by molar-refractivity contribution is -0.387. The molecule has 0 aromatic heterocycles. The average molecular weight is 339 g/mol. The van der Waals surface area contributed by atoms with Gasteiger partial charge in [-0.2, -0.15) is 17.6 Å². The Kier molecular flexibility index (Phi) is 4.62. The zero-order chi connectivity index (χ0) is 17.5. The molecular weight excluding hydrogens is 322 g/mol. The van der Waals surface area contributed by atoms with Gasteiger partial charge in [-0.1, -0.05) is 20.8 Å². The van der Waals surface area contributed by atoms with Crippen LogP contribution < -0.4 is 4.43 Å². The molecule has 0 heterocycles. The molecule has 0 spiro atoms. The lowest BCUT2D eigenvalue weighted by Crippen LogP contribution is -2.43. The first kappa shape index (κ1) is 18.4. The number of rotatable bonds is 3. The van der Waals surface area contributed by atoms with Gasteiger partial charge in [-0.15, -0.1) is 0 Å². The first-order valence-electron chi connectivity index (χ1n) is 6.41. The number of halogens is 4. The van der Waals surface area contributed by atoms with Gasteiger partial charge in [-0.3, -0.25) is 10.1 Å². The molecule has 9 heteroatoms. The Labute approximate surface area is 126 Å². The predicted molar refractivity (Wildman–Crippen MR) is 75.9 cm³/mol. The highest BCUT2D eigenvalue weighted by Crippen LogP contribution is 2.41. The van der Waals surface area contributed by atoms with Crippen LogP contribution in [0.3, 0.4) is 0 Å². The summed E-state index contributed by atoms with van der Waals surface area (Å²) in [6.45, 7) is 9.14. The van der Waals surface area contributed by atoms with Crippen molar-refractivity contribution in [2.45, 2.75) is 45.1 Å². The SMILES string of the molecule is CC(C)(C)[Si](C)(C)Oc1cc([N+](=O)[O-])c(F)c(C(F)(F)F)c1. The van der Waals surface area contributed by atoms with E-state index in [2.05, 4.69) is 0 Å². The monoisotopic (exact) mass is 339 g/mol. The summed E-state index contributed by atoms with van der Waals surface area (Å²) in [5.41, 5.74) is -2.95. The summed E-state index contributed by atoms with van der Waals surface area (Å²) in [4.78, 5) is 9.58. The van der Waals surface area contributed by atoms with Crippen molar-refractivity contribution >= 4 is 14.0 Å². The van der Waals surface area contributed by atoms with E-state index >= 15 is 0 Å². The Hall–Kier alpha value is -1.64. The second-order valence-corrected chi connectivity index (χ2v) is 11.1. The van der Waals surface area contributed by atoms with E-state index in [-0.39, 0.29) is 10.8 Å². The number of nitro benzene ring substituents is 1. The fourth-order valence-corrected chi connectivity index (χ4v) is 2.44. The molecule has 0 fully saturated rings. The van der Waals surface area contributed by atoms with Crippen molar-refractivity contribution in [3.05, 3.63) is 33.6 Å². The van der Waals surface area contributed by atoms with Gasteiger partial charge in [-0.05, 0) is 24.2 Å². The van der Waals surface area contributed by atoms with Crippen molar-refractivity contribution in [2.24, 2.45) is 0 Å². The first-order valence-corrected chi connectivity index (χ1v) is 9.32. The van der Waals surface area contributed by atoms with E-state index in [1.165, 1.54) is 0 Å². The van der Waals surface area contributed by atoms with Gasteiger partial charge in [0, 0.05) is 0 Å². The minimum Gasteiger partial charge on any atom is -0.543 e. The van der Waals surface area contributed by atoms with Gasteiger partial charge in [0.1, 0.15) is 11.3 Å². The molecule has 0 radical (unpaired) electrons. The van der Waals surface area contributed by atoms with Crippen LogP contribution in [0, 0.1) is 15.9 Å².